The second-order valence-corrected chi connectivity index (χ2v) is 4.07. The maximum absolute atomic E-state index is 10.2. The zero-order chi connectivity index (χ0) is 9.68. The van der Waals surface area contributed by atoms with Crippen LogP contribution in [0.4, 0.5) is 0 Å². The van der Waals surface area contributed by atoms with E-state index in [9.17, 15) is 8.76 Å². The van der Waals surface area contributed by atoms with Gasteiger partial charge in [-0.3, -0.25) is 0 Å². The third-order valence-corrected chi connectivity index (χ3v) is 2.90. The largest absolute Gasteiger partial charge is 1.00 e. The van der Waals surface area contributed by atoms with E-state index in [4.69, 9.17) is 0 Å². The maximum Gasteiger partial charge on any atom is 1.00 e. The first-order chi connectivity index (χ1) is 6.24. The van der Waals surface area contributed by atoms with Crippen LogP contribution < -0.4 is 29.6 Å². The quantitative estimate of drug-likeness (QED) is 0.501. The third kappa shape index (κ3) is 5.02. The van der Waals surface area contributed by atoms with Gasteiger partial charge in [0, 0.05) is 5.92 Å². The summed E-state index contributed by atoms with van der Waals surface area (Å²) in [6, 6.07) is 2.00. The second-order valence-electron chi connectivity index (χ2n) is 2.65. The Kier molecular flexibility index (Phi) is 8.42. The molecule has 0 aromatic carbocycles. The Morgan fingerprint density at radius 1 is 1.79 bits per heavy atom. The van der Waals surface area contributed by atoms with E-state index >= 15 is 0 Å². The molecule has 0 fully saturated rings. The van der Waals surface area contributed by atoms with Crippen LogP contribution in [0.15, 0.2) is 16.8 Å². The molecule has 0 aliphatic rings. The second kappa shape index (κ2) is 7.98. The third-order valence-electron chi connectivity index (χ3n) is 1.87. The minimum Gasteiger partial charge on any atom is -1.00 e. The molecular weight excluding hydrogens is 231 g/mol. The van der Waals surface area contributed by atoms with Crippen molar-refractivity contribution in [2.75, 3.05) is 6.61 Å². The molecule has 0 N–H and O–H groups in total. The van der Waals surface area contributed by atoms with Crippen molar-refractivity contribution in [3.63, 3.8) is 0 Å². The predicted octanol–water partition coefficient (Wildman–Crippen LogP) is -0.831. The molecule has 14 heavy (non-hydrogen) atoms. The van der Waals surface area contributed by atoms with Crippen LogP contribution in [0.5, 0.6) is 0 Å². The molecule has 0 spiro atoms. The van der Waals surface area contributed by atoms with Gasteiger partial charge < -0.3 is 10.2 Å². The van der Waals surface area contributed by atoms with Gasteiger partial charge in [0.1, 0.15) is 0 Å². The van der Waals surface area contributed by atoms with Crippen molar-refractivity contribution in [2.45, 2.75) is 19.3 Å². The fourth-order valence-corrected chi connectivity index (χ4v) is 2.11. The van der Waals surface area contributed by atoms with E-state index in [1.807, 2.05) is 23.8 Å². The minimum atomic E-state index is -2.40. The van der Waals surface area contributed by atoms with Crippen LogP contribution in [0.1, 0.15) is 26.3 Å². The number of hydrogen-bond donors (Lipinski definition) is 0. The number of rotatable bonds is 5. The van der Waals surface area contributed by atoms with Crippen molar-refractivity contribution < 1.29 is 43.9 Å². The summed E-state index contributed by atoms with van der Waals surface area (Å²) in [6.45, 7) is 2.25. The van der Waals surface area contributed by atoms with Crippen molar-refractivity contribution in [3.8, 4) is 0 Å². The Balaban J connectivity index is 0. The normalized spacial score (nSPS) is 14.4. The summed E-state index contributed by atoms with van der Waals surface area (Å²) in [6.07, 6.45) is 0.883. The standard InChI is InChI=1S/C8H12O3S2.Na.H/c1-2-7(5-11-13(9)10)8-3-4-12-6-8;;/h3-4,6-7H,2,5H2,1H3,(H,9,10);;/q;+1;-1/p-1. The van der Waals surface area contributed by atoms with E-state index in [0.717, 1.165) is 12.0 Å². The molecule has 0 bridgehead atoms. The Morgan fingerprint density at radius 2 is 2.50 bits per heavy atom. The molecule has 0 amide bonds. The van der Waals surface area contributed by atoms with Gasteiger partial charge in [0.15, 0.2) is 0 Å². The molecule has 0 saturated heterocycles. The van der Waals surface area contributed by atoms with Gasteiger partial charge in [0.05, 0.1) is 18.0 Å². The van der Waals surface area contributed by atoms with Crippen LogP contribution in [0, 0.1) is 0 Å². The monoisotopic (exact) mass is 243 g/mol. The molecule has 6 heteroatoms. The Hall–Kier alpha value is 0.770. The Bertz CT molecular complexity index is 269. The van der Waals surface area contributed by atoms with Gasteiger partial charge >= 0.3 is 29.6 Å². The van der Waals surface area contributed by atoms with E-state index in [2.05, 4.69) is 4.18 Å². The fraction of sp³-hybridized carbons (Fsp3) is 0.500. The molecule has 0 aliphatic heterocycles. The van der Waals surface area contributed by atoms with Gasteiger partial charge in [0.25, 0.3) is 0 Å². The van der Waals surface area contributed by atoms with E-state index in [1.165, 1.54) is 0 Å². The van der Waals surface area contributed by atoms with Gasteiger partial charge in [-0.1, -0.05) is 6.92 Å². The van der Waals surface area contributed by atoms with Gasteiger partial charge in [-0.25, -0.2) is 4.21 Å². The topological polar surface area (TPSA) is 49.4 Å². The molecule has 76 valence electrons. The summed E-state index contributed by atoms with van der Waals surface area (Å²) in [5, 5.41) is 4.00. The summed E-state index contributed by atoms with van der Waals surface area (Å²) < 4.78 is 24.9. The van der Waals surface area contributed by atoms with Crippen LogP contribution in [0.2, 0.25) is 0 Å². The number of hydrogen-bond acceptors (Lipinski definition) is 4. The molecule has 3 nitrogen and oxygen atoms in total. The Labute approximate surface area is 114 Å². The SMILES string of the molecule is CCC(COS(=O)[O-])c1ccsc1.[H-].[Na+]. The van der Waals surface area contributed by atoms with Crippen molar-refractivity contribution in [3.05, 3.63) is 22.4 Å². The van der Waals surface area contributed by atoms with E-state index in [1.54, 1.807) is 11.3 Å². The predicted molar refractivity (Wildman–Crippen MR) is 53.3 cm³/mol. The van der Waals surface area contributed by atoms with Crippen molar-refractivity contribution in [1.29, 1.82) is 0 Å². The van der Waals surface area contributed by atoms with Crippen molar-refractivity contribution in [1.82, 2.24) is 0 Å². The molecule has 1 aromatic heterocycles. The fourth-order valence-electron chi connectivity index (χ4n) is 1.09. The zero-order valence-electron chi connectivity index (χ0n) is 9.26. The van der Waals surface area contributed by atoms with Crippen LogP contribution in [0.3, 0.4) is 0 Å². The van der Waals surface area contributed by atoms with Crippen LogP contribution in [-0.4, -0.2) is 15.4 Å². The molecule has 0 radical (unpaired) electrons. The first-order valence-corrected chi connectivity index (χ1v) is 5.93. The van der Waals surface area contributed by atoms with Gasteiger partial charge in [-0.15, -0.1) is 0 Å². The molecule has 1 heterocycles. The van der Waals surface area contributed by atoms with E-state index in [0.29, 0.717) is 0 Å². The van der Waals surface area contributed by atoms with Gasteiger partial charge in [-0.05, 0) is 28.8 Å². The van der Waals surface area contributed by atoms with Gasteiger partial charge in [0.2, 0.25) is 0 Å². The van der Waals surface area contributed by atoms with E-state index in [-0.39, 0.29) is 43.5 Å². The number of thiophene rings is 1. The zero-order valence-corrected chi connectivity index (χ0v) is 11.9. The maximum atomic E-state index is 10.2. The first kappa shape index (κ1) is 14.8. The summed E-state index contributed by atoms with van der Waals surface area (Å²) in [5.41, 5.74) is 1.15. The molecule has 1 aromatic rings. The summed E-state index contributed by atoms with van der Waals surface area (Å²) >= 11 is -0.788. The average molecular weight is 243 g/mol. The Morgan fingerprint density at radius 3 is 2.93 bits per heavy atom. The van der Waals surface area contributed by atoms with Crippen molar-refractivity contribution >= 4 is 22.7 Å². The molecule has 0 aliphatic carbocycles. The molecule has 1 rings (SSSR count). The van der Waals surface area contributed by atoms with E-state index < -0.39 is 11.4 Å². The molecule has 0 saturated carbocycles. The molecule has 2 unspecified atom stereocenters. The summed E-state index contributed by atoms with van der Waals surface area (Å²) in [7, 11) is 0. The first-order valence-electron chi connectivity index (χ1n) is 3.98. The van der Waals surface area contributed by atoms with Crippen LogP contribution in [-0.2, 0) is 15.5 Å². The summed E-state index contributed by atoms with van der Waals surface area (Å²) in [4.78, 5) is 0. The smallest absolute Gasteiger partial charge is 1.00 e. The van der Waals surface area contributed by atoms with Crippen molar-refractivity contribution in [2.24, 2.45) is 0 Å². The van der Waals surface area contributed by atoms with Crippen LogP contribution >= 0.6 is 11.3 Å². The van der Waals surface area contributed by atoms with Crippen LogP contribution in [0.25, 0.3) is 0 Å². The average Bonchev–Trinajstić information content (AvgIpc) is 2.58. The van der Waals surface area contributed by atoms with Gasteiger partial charge in [-0.2, -0.15) is 11.3 Å². The molecular formula is C8H12NaO3S2-. The summed E-state index contributed by atoms with van der Waals surface area (Å²) in [5.74, 6) is 0.184. The molecule has 2 atom stereocenters. The minimum absolute atomic E-state index is 0.